The van der Waals surface area contributed by atoms with Gasteiger partial charge in [0.05, 0.1) is 38.0 Å². The van der Waals surface area contributed by atoms with E-state index in [0.29, 0.717) is 22.8 Å². The number of ether oxygens (including phenoxy) is 2. The van der Waals surface area contributed by atoms with Gasteiger partial charge in [-0.05, 0) is 29.8 Å². The summed E-state index contributed by atoms with van der Waals surface area (Å²) in [5.74, 6) is 1.02. The molecule has 0 atom stereocenters. The monoisotopic (exact) mass is 335 g/mol. The lowest BCUT2D eigenvalue weighted by Crippen LogP contribution is -2.22. The fraction of sp³-hybridized carbons (Fsp3) is 0.211. The van der Waals surface area contributed by atoms with Crippen LogP contribution in [0.4, 0.5) is 0 Å². The molecule has 0 aromatic heterocycles. The van der Waals surface area contributed by atoms with E-state index in [1.807, 2.05) is 24.3 Å². The number of rotatable bonds is 3. The lowest BCUT2D eigenvalue weighted by molar-refractivity contribution is -0.129. The van der Waals surface area contributed by atoms with Gasteiger partial charge in [-0.3, -0.25) is 4.79 Å². The van der Waals surface area contributed by atoms with Gasteiger partial charge in [0.1, 0.15) is 0 Å². The maximum atomic E-state index is 12.3. The number of amides is 1. The van der Waals surface area contributed by atoms with Crippen molar-refractivity contribution >= 4 is 11.6 Å². The molecule has 6 heteroatoms. The molecule has 126 valence electrons. The number of hydrogen-bond donors (Lipinski definition) is 0. The molecule has 3 rings (SSSR count). The van der Waals surface area contributed by atoms with Crippen molar-refractivity contribution in [1.29, 1.82) is 5.26 Å². The summed E-state index contributed by atoms with van der Waals surface area (Å²) >= 11 is 0. The van der Waals surface area contributed by atoms with Gasteiger partial charge in [0.15, 0.2) is 11.5 Å². The Labute approximate surface area is 145 Å². The van der Waals surface area contributed by atoms with E-state index in [1.54, 1.807) is 33.4 Å². The number of methoxy groups -OCH3 is 2. The molecule has 25 heavy (non-hydrogen) atoms. The number of hydrazone groups is 1. The molecule has 2 aromatic carbocycles. The van der Waals surface area contributed by atoms with E-state index >= 15 is 0 Å². The summed E-state index contributed by atoms with van der Waals surface area (Å²) in [4.78, 5) is 12.3. The third kappa shape index (κ3) is 3.04. The second kappa shape index (κ2) is 6.65. The summed E-state index contributed by atoms with van der Waals surface area (Å²) in [5.41, 5.74) is 3.65. The second-order valence-corrected chi connectivity index (χ2v) is 5.60. The number of likely N-dealkylation sites (N-methyl/N-ethyl adjacent to an activating group) is 1. The smallest absolute Gasteiger partial charge is 0.246 e. The molecule has 0 saturated heterocycles. The van der Waals surface area contributed by atoms with Crippen molar-refractivity contribution in [3.8, 4) is 17.6 Å². The van der Waals surface area contributed by atoms with E-state index in [9.17, 15) is 4.79 Å². The summed E-state index contributed by atoms with van der Waals surface area (Å²) < 4.78 is 10.7. The summed E-state index contributed by atoms with van der Waals surface area (Å²) in [6.45, 7) is 0. The highest BCUT2D eigenvalue weighted by molar-refractivity contribution is 6.15. The average Bonchev–Trinajstić information content (AvgIpc) is 2.77. The maximum absolute atomic E-state index is 12.3. The van der Waals surface area contributed by atoms with Gasteiger partial charge in [0, 0.05) is 18.2 Å². The number of hydrogen-bond acceptors (Lipinski definition) is 5. The van der Waals surface area contributed by atoms with Gasteiger partial charge >= 0.3 is 0 Å². The molecule has 0 bridgehead atoms. The minimum atomic E-state index is -0.114. The molecule has 2 aromatic rings. The predicted octanol–water partition coefficient (Wildman–Crippen LogP) is 2.34. The standard InChI is InChI=1S/C19H17N3O3/c1-22-18(23)9-14-8-16(24-2)17(25-3)10-15(14)19(21-22)13-6-4-12(11-20)5-7-13/h4-8,10H,9H2,1-3H3. The van der Waals surface area contributed by atoms with Crippen LogP contribution in [-0.2, 0) is 11.2 Å². The Balaban J connectivity index is 2.21. The van der Waals surface area contributed by atoms with Gasteiger partial charge in [-0.1, -0.05) is 12.1 Å². The molecule has 1 aliphatic rings. The molecule has 0 N–H and O–H groups in total. The number of fused-ring (bicyclic) bond motifs is 1. The Morgan fingerprint density at radius 1 is 1.12 bits per heavy atom. The summed E-state index contributed by atoms with van der Waals surface area (Å²) in [5, 5.41) is 14.8. The molecule has 1 heterocycles. The molecule has 1 aliphatic heterocycles. The van der Waals surface area contributed by atoms with E-state index in [0.717, 1.165) is 16.7 Å². The highest BCUT2D eigenvalue weighted by atomic mass is 16.5. The Morgan fingerprint density at radius 2 is 1.76 bits per heavy atom. The van der Waals surface area contributed by atoms with Gasteiger partial charge in [-0.2, -0.15) is 10.4 Å². The largest absolute Gasteiger partial charge is 0.493 e. The Bertz CT molecular complexity index is 895. The highest BCUT2D eigenvalue weighted by Crippen LogP contribution is 2.33. The number of nitriles is 1. The zero-order valence-electron chi connectivity index (χ0n) is 14.2. The topological polar surface area (TPSA) is 74.9 Å². The van der Waals surface area contributed by atoms with E-state index in [4.69, 9.17) is 14.7 Å². The lowest BCUT2D eigenvalue weighted by atomic mass is 9.95. The average molecular weight is 335 g/mol. The third-order valence-corrected chi connectivity index (χ3v) is 4.10. The van der Waals surface area contributed by atoms with Crippen molar-refractivity contribution in [3.05, 3.63) is 58.7 Å². The first kappa shape index (κ1) is 16.5. The van der Waals surface area contributed by atoms with Crippen LogP contribution in [0.2, 0.25) is 0 Å². The zero-order chi connectivity index (χ0) is 18.0. The van der Waals surface area contributed by atoms with Crippen molar-refractivity contribution in [2.45, 2.75) is 6.42 Å². The van der Waals surface area contributed by atoms with Gasteiger partial charge in [0.25, 0.3) is 0 Å². The number of nitrogens with zero attached hydrogens (tertiary/aromatic N) is 3. The van der Waals surface area contributed by atoms with Gasteiger partial charge in [-0.15, -0.1) is 0 Å². The molecule has 1 amide bonds. The molecule has 0 radical (unpaired) electrons. The number of carbonyl (C=O) groups excluding carboxylic acids is 1. The predicted molar refractivity (Wildman–Crippen MR) is 92.8 cm³/mol. The van der Waals surface area contributed by atoms with Gasteiger partial charge in [0.2, 0.25) is 5.91 Å². The number of benzene rings is 2. The molecular weight excluding hydrogens is 318 g/mol. The highest BCUT2D eigenvalue weighted by Gasteiger charge is 2.24. The van der Waals surface area contributed by atoms with Crippen molar-refractivity contribution in [2.24, 2.45) is 5.10 Å². The molecule has 0 spiro atoms. The summed E-state index contributed by atoms with van der Waals surface area (Å²) in [6, 6.07) is 12.8. The van der Waals surface area contributed by atoms with E-state index in [2.05, 4.69) is 11.2 Å². The number of carbonyl (C=O) groups is 1. The summed E-state index contributed by atoms with van der Waals surface area (Å²) in [7, 11) is 4.76. The van der Waals surface area contributed by atoms with Crippen LogP contribution in [0.1, 0.15) is 22.3 Å². The molecule has 0 saturated carbocycles. The van der Waals surface area contributed by atoms with Crippen LogP contribution < -0.4 is 9.47 Å². The fourth-order valence-corrected chi connectivity index (χ4v) is 2.74. The zero-order valence-corrected chi connectivity index (χ0v) is 14.2. The Kier molecular flexibility index (Phi) is 4.40. The molecule has 0 aliphatic carbocycles. The van der Waals surface area contributed by atoms with Gasteiger partial charge < -0.3 is 9.47 Å². The van der Waals surface area contributed by atoms with E-state index in [1.165, 1.54) is 5.01 Å². The van der Waals surface area contributed by atoms with Crippen molar-refractivity contribution in [2.75, 3.05) is 21.3 Å². The fourth-order valence-electron chi connectivity index (χ4n) is 2.74. The second-order valence-electron chi connectivity index (χ2n) is 5.60. The van der Waals surface area contributed by atoms with E-state index in [-0.39, 0.29) is 12.3 Å². The maximum Gasteiger partial charge on any atom is 0.246 e. The van der Waals surface area contributed by atoms with Crippen LogP contribution in [0.5, 0.6) is 11.5 Å². The van der Waals surface area contributed by atoms with Crippen LogP contribution in [0.3, 0.4) is 0 Å². The molecule has 0 unspecified atom stereocenters. The SMILES string of the molecule is COc1cc2c(cc1OC)C(c1ccc(C#N)cc1)=NN(C)C(=O)C2. The molecule has 6 nitrogen and oxygen atoms in total. The van der Waals surface area contributed by atoms with Crippen molar-refractivity contribution < 1.29 is 14.3 Å². The van der Waals surface area contributed by atoms with Crippen molar-refractivity contribution in [1.82, 2.24) is 5.01 Å². The quantitative estimate of drug-likeness (QED) is 0.863. The van der Waals surface area contributed by atoms with Crippen molar-refractivity contribution in [3.63, 3.8) is 0 Å². The first-order chi connectivity index (χ1) is 12.1. The van der Waals surface area contributed by atoms with Crippen LogP contribution in [0, 0.1) is 11.3 Å². The first-order valence-electron chi connectivity index (χ1n) is 7.68. The van der Waals surface area contributed by atoms with Crippen LogP contribution in [-0.4, -0.2) is 37.9 Å². The Hall–Kier alpha value is -3.33. The Morgan fingerprint density at radius 3 is 2.36 bits per heavy atom. The van der Waals surface area contributed by atoms with Gasteiger partial charge in [-0.25, -0.2) is 5.01 Å². The third-order valence-electron chi connectivity index (χ3n) is 4.10. The molecule has 0 fully saturated rings. The summed E-state index contributed by atoms with van der Waals surface area (Å²) in [6.07, 6.45) is 0.218. The molecular formula is C19H17N3O3. The van der Waals surface area contributed by atoms with Crippen LogP contribution in [0.25, 0.3) is 0 Å². The minimum Gasteiger partial charge on any atom is -0.493 e. The normalized spacial score (nSPS) is 13.4. The van der Waals surface area contributed by atoms with E-state index < -0.39 is 0 Å². The lowest BCUT2D eigenvalue weighted by Gasteiger charge is -2.14. The first-order valence-corrected chi connectivity index (χ1v) is 7.68. The van der Waals surface area contributed by atoms with Crippen LogP contribution >= 0.6 is 0 Å². The van der Waals surface area contributed by atoms with Crippen LogP contribution in [0.15, 0.2) is 41.5 Å². The minimum absolute atomic E-state index is 0.114.